The van der Waals surface area contributed by atoms with Crippen molar-refractivity contribution in [2.45, 2.75) is 32.5 Å². The Morgan fingerprint density at radius 3 is 2.30 bits per heavy atom. The summed E-state index contributed by atoms with van der Waals surface area (Å²) in [5.41, 5.74) is 4.09. The molecule has 0 N–H and O–H groups in total. The SMILES string of the molecule is Cc1cccc(C(=O)CCc2cc(-c3ccc(C(F)(F)F)cc3)nn2Cc2ccccc2)c1. The van der Waals surface area contributed by atoms with Gasteiger partial charge in [0.2, 0.25) is 0 Å². The van der Waals surface area contributed by atoms with E-state index < -0.39 is 11.7 Å². The Hall–Kier alpha value is -3.67. The Morgan fingerprint density at radius 1 is 0.909 bits per heavy atom. The van der Waals surface area contributed by atoms with Gasteiger partial charge in [-0.15, -0.1) is 0 Å². The number of hydrogen-bond donors (Lipinski definition) is 0. The summed E-state index contributed by atoms with van der Waals surface area (Å²) >= 11 is 0. The molecule has 3 nitrogen and oxygen atoms in total. The van der Waals surface area contributed by atoms with Crippen LogP contribution in [0.2, 0.25) is 0 Å². The van der Waals surface area contributed by atoms with Crippen molar-refractivity contribution in [3.8, 4) is 11.3 Å². The first-order valence-electron chi connectivity index (χ1n) is 10.7. The van der Waals surface area contributed by atoms with Crippen LogP contribution in [0.25, 0.3) is 11.3 Å². The van der Waals surface area contributed by atoms with E-state index in [1.807, 2.05) is 72.3 Å². The number of halogens is 3. The Bertz CT molecular complexity index is 1240. The molecular formula is C27H23F3N2O. The molecule has 0 saturated carbocycles. The monoisotopic (exact) mass is 448 g/mol. The van der Waals surface area contributed by atoms with Crippen LogP contribution in [0, 0.1) is 6.92 Å². The number of ketones is 1. The lowest BCUT2D eigenvalue weighted by molar-refractivity contribution is -0.137. The van der Waals surface area contributed by atoms with Crippen LogP contribution in [-0.2, 0) is 19.1 Å². The number of Topliss-reactive ketones (excluding diaryl/α,β-unsaturated/α-hetero) is 1. The smallest absolute Gasteiger partial charge is 0.294 e. The molecule has 0 spiro atoms. The second-order valence-electron chi connectivity index (χ2n) is 8.03. The molecule has 168 valence electrons. The lowest BCUT2D eigenvalue weighted by Gasteiger charge is -2.08. The molecule has 0 aliphatic rings. The number of hydrogen-bond acceptors (Lipinski definition) is 2. The van der Waals surface area contributed by atoms with Gasteiger partial charge in [0.25, 0.3) is 0 Å². The van der Waals surface area contributed by atoms with Gasteiger partial charge in [-0.25, -0.2) is 0 Å². The van der Waals surface area contributed by atoms with Gasteiger partial charge in [0.05, 0.1) is 17.8 Å². The Morgan fingerprint density at radius 2 is 1.64 bits per heavy atom. The molecule has 3 aromatic carbocycles. The maximum absolute atomic E-state index is 12.9. The van der Waals surface area contributed by atoms with Gasteiger partial charge in [0.1, 0.15) is 0 Å². The highest BCUT2D eigenvalue weighted by Crippen LogP contribution is 2.31. The standard InChI is InChI=1S/C27H23F3N2O/c1-19-6-5-9-22(16-19)26(33)15-14-24-17-25(21-10-12-23(13-11-21)27(28,29)30)31-32(24)18-20-7-3-2-4-8-20/h2-13,16-17H,14-15,18H2,1H3. The molecule has 4 rings (SSSR count). The minimum Gasteiger partial charge on any atom is -0.294 e. The predicted octanol–water partition coefficient (Wildman–Crippen LogP) is 6.74. The van der Waals surface area contributed by atoms with Crippen LogP contribution in [0.3, 0.4) is 0 Å². The third-order valence-electron chi connectivity index (χ3n) is 5.49. The number of nitrogens with zero attached hydrogens (tertiary/aromatic N) is 2. The number of carbonyl (C=O) groups excluding carboxylic acids is 1. The summed E-state index contributed by atoms with van der Waals surface area (Å²) in [6.07, 6.45) is -3.59. The summed E-state index contributed by atoms with van der Waals surface area (Å²) in [5, 5.41) is 4.66. The van der Waals surface area contributed by atoms with E-state index in [1.54, 1.807) is 0 Å². The molecular weight excluding hydrogens is 425 g/mol. The fourth-order valence-electron chi connectivity index (χ4n) is 3.73. The highest BCUT2D eigenvalue weighted by atomic mass is 19.4. The average Bonchev–Trinajstić information content (AvgIpc) is 3.20. The van der Waals surface area contributed by atoms with E-state index in [0.29, 0.717) is 36.2 Å². The largest absolute Gasteiger partial charge is 0.416 e. The molecule has 0 bridgehead atoms. The van der Waals surface area contributed by atoms with Crippen molar-refractivity contribution in [3.63, 3.8) is 0 Å². The van der Waals surface area contributed by atoms with Gasteiger partial charge < -0.3 is 0 Å². The third-order valence-corrected chi connectivity index (χ3v) is 5.49. The third kappa shape index (κ3) is 5.58. The van der Waals surface area contributed by atoms with Crippen molar-refractivity contribution in [1.82, 2.24) is 9.78 Å². The average molecular weight is 448 g/mol. The molecule has 4 aromatic rings. The summed E-state index contributed by atoms with van der Waals surface area (Å²) in [7, 11) is 0. The quantitative estimate of drug-likeness (QED) is 0.294. The lowest BCUT2D eigenvalue weighted by atomic mass is 10.0. The first kappa shape index (κ1) is 22.5. The van der Waals surface area contributed by atoms with Crippen molar-refractivity contribution >= 4 is 5.78 Å². The van der Waals surface area contributed by atoms with Gasteiger partial charge in [0, 0.05) is 23.2 Å². The molecule has 6 heteroatoms. The number of alkyl halides is 3. The Labute approximate surface area is 190 Å². The molecule has 33 heavy (non-hydrogen) atoms. The van der Waals surface area contributed by atoms with E-state index in [9.17, 15) is 18.0 Å². The molecule has 0 atom stereocenters. The number of benzene rings is 3. The van der Waals surface area contributed by atoms with Gasteiger partial charge in [-0.05, 0) is 43.2 Å². The van der Waals surface area contributed by atoms with E-state index in [1.165, 1.54) is 12.1 Å². The number of aromatic nitrogens is 2. The summed E-state index contributed by atoms with van der Waals surface area (Å²) < 4.78 is 40.6. The van der Waals surface area contributed by atoms with Gasteiger partial charge in [-0.3, -0.25) is 9.48 Å². The molecule has 1 heterocycles. The molecule has 0 aliphatic carbocycles. The van der Waals surface area contributed by atoms with Crippen molar-refractivity contribution in [1.29, 1.82) is 0 Å². The zero-order valence-electron chi connectivity index (χ0n) is 18.1. The van der Waals surface area contributed by atoms with Gasteiger partial charge in [-0.2, -0.15) is 18.3 Å². The second-order valence-corrected chi connectivity index (χ2v) is 8.03. The van der Waals surface area contributed by atoms with Crippen molar-refractivity contribution in [2.75, 3.05) is 0 Å². The maximum atomic E-state index is 12.9. The molecule has 0 amide bonds. The van der Waals surface area contributed by atoms with E-state index in [0.717, 1.165) is 29.0 Å². The number of rotatable bonds is 7. The van der Waals surface area contributed by atoms with Crippen molar-refractivity contribution in [3.05, 3.63) is 113 Å². The Kier molecular flexibility index (Phi) is 6.45. The van der Waals surface area contributed by atoms with Crippen LogP contribution in [0.1, 0.15) is 39.2 Å². The van der Waals surface area contributed by atoms with E-state index in [4.69, 9.17) is 0 Å². The molecule has 0 radical (unpaired) electrons. The normalized spacial score (nSPS) is 11.5. The van der Waals surface area contributed by atoms with Crippen LogP contribution in [0.4, 0.5) is 13.2 Å². The Balaban J connectivity index is 1.60. The number of carbonyl (C=O) groups is 1. The first-order chi connectivity index (χ1) is 15.8. The molecule has 1 aromatic heterocycles. The number of aryl methyl sites for hydroxylation is 2. The lowest BCUT2D eigenvalue weighted by Crippen LogP contribution is -2.09. The second kappa shape index (κ2) is 9.45. The molecule has 0 saturated heterocycles. The highest BCUT2D eigenvalue weighted by Gasteiger charge is 2.30. The molecule has 0 fully saturated rings. The maximum Gasteiger partial charge on any atom is 0.416 e. The van der Waals surface area contributed by atoms with Gasteiger partial charge in [-0.1, -0.05) is 66.2 Å². The zero-order chi connectivity index (χ0) is 23.4. The van der Waals surface area contributed by atoms with Gasteiger partial charge in [0.15, 0.2) is 5.78 Å². The van der Waals surface area contributed by atoms with Crippen LogP contribution in [0.5, 0.6) is 0 Å². The molecule has 0 unspecified atom stereocenters. The van der Waals surface area contributed by atoms with Crippen LogP contribution >= 0.6 is 0 Å². The summed E-state index contributed by atoms with van der Waals surface area (Å²) in [4.78, 5) is 12.7. The minimum atomic E-state index is -4.38. The van der Waals surface area contributed by atoms with Crippen molar-refractivity contribution in [2.24, 2.45) is 0 Å². The first-order valence-corrected chi connectivity index (χ1v) is 10.7. The highest BCUT2D eigenvalue weighted by molar-refractivity contribution is 5.96. The van der Waals surface area contributed by atoms with Crippen LogP contribution in [0.15, 0.2) is 84.9 Å². The van der Waals surface area contributed by atoms with E-state index >= 15 is 0 Å². The van der Waals surface area contributed by atoms with Crippen molar-refractivity contribution < 1.29 is 18.0 Å². The summed E-state index contributed by atoms with van der Waals surface area (Å²) in [6.45, 7) is 2.46. The molecule has 0 aliphatic heterocycles. The zero-order valence-corrected chi connectivity index (χ0v) is 18.1. The fraction of sp³-hybridized carbons (Fsp3) is 0.185. The fourth-order valence-corrected chi connectivity index (χ4v) is 3.73. The van der Waals surface area contributed by atoms with Crippen LogP contribution in [-0.4, -0.2) is 15.6 Å². The van der Waals surface area contributed by atoms with Gasteiger partial charge >= 0.3 is 6.18 Å². The topological polar surface area (TPSA) is 34.9 Å². The minimum absolute atomic E-state index is 0.0437. The summed E-state index contributed by atoms with van der Waals surface area (Å²) in [6, 6.07) is 24.1. The van der Waals surface area contributed by atoms with E-state index in [-0.39, 0.29) is 5.78 Å². The van der Waals surface area contributed by atoms with E-state index in [2.05, 4.69) is 5.10 Å². The summed E-state index contributed by atoms with van der Waals surface area (Å²) in [5.74, 6) is 0.0437. The predicted molar refractivity (Wildman–Crippen MR) is 122 cm³/mol. The van der Waals surface area contributed by atoms with Crippen LogP contribution < -0.4 is 0 Å².